The zero-order valence-corrected chi connectivity index (χ0v) is 8.55. The molecule has 0 bridgehead atoms. The number of fused-ring (bicyclic) bond motifs is 1. The van der Waals surface area contributed by atoms with Gasteiger partial charge >= 0.3 is 6.18 Å². The van der Waals surface area contributed by atoms with Crippen molar-refractivity contribution in [2.75, 3.05) is 0 Å². The van der Waals surface area contributed by atoms with Crippen molar-refractivity contribution in [2.45, 2.75) is 25.1 Å². The maximum atomic E-state index is 13.6. The molecule has 0 N–H and O–H groups in total. The fourth-order valence-electron chi connectivity index (χ4n) is 1.84. The average Bonchev–Trinajstić information content (AvgIpc) is 2.97. The van der Waals surface area contributed by atoms with Gasteiger partial charge in [0.15, 0.2) is 12.1 Å². The molecule has 0 amide bonds. The lowest BCUT2D eigenvalue weighted by molar-refractivity contribution is -0.139. The minimum atomic E-state index is -4.69. The largest absolute Gasteiger partial charge is 0.419 e. The van der Waals surface area contributed by atoms with Crippen LogP contribution in [0, 0.1) is 12.1 Å². The molecule has 2 aromatic rings. The third-order valence-corrected chi connectivity index (χ3v) is 2.84. The van der Waals surface area contributed by atoms with E-state index < -0.39 is 17.6 Å². The van der Waals surface area contributed by atoms with Gasteiger partial charge in [0.25, 0.3) is 0 Å². The van der Waals surface area contributed by atoms with Crippen LogP contribution in [0.4, 0.5) is 17.6 Å². The second-order valence-corrected chi connectivity index (χ2v) is 4.11. The fraction of sp³-hybridized carbons (Fsp3) is 0.364. The number of alkyl halides is 3. The zero-order valence-electron chi connectivity index (χ0n) is 8.55. The van der Waals surface area contributed by atoms with Gasteiger partial charge in [0.1, 0.15) is 5.52 Å². The van der Waals surface area contributed by atoms with Crippen LogP contribution >= 0.6 is 0 Å². The molecule has 0 atom stereocenters. The Bertz CT molecular complexity index is 581. The highest BCUT2D eigenvalue weighted by Gasteiger charge is 2.36. The molecule has 1 radical (unpaired) electrons. The van der Waals surface area contributed by atoms with E-state index in [2.05, 4.69) is 11.3 Å². The summed E-state index contributed by atoms with van der Waals surface area (Å²) < 4.78 is 52.7. The van der Waals surface area contributed by atoms with E-state index in [4.69, 9.17) is 0 Å². The van der Waals surface area contributed by atoms with E-state index in [1.165, 1.54) is 6.07 Å². The predicted molar refractivity (Wildman–Crippen MR) is 51.8 cm³/mol. The van der Waals surface area contributed by atoms with E-state index in [0.717, 1.165) is 18.9 Å². The first-order valence-corrected chi connectivity index (χ1v) is 5.14. The lowest BCUT2D eigenvalue weighted by Crippen LogP contribution is -2.08. The Balaban J connectivity index is 2.22. The summed E-state index contributed by atoms with van der Waals surface area (Å²) in [5.74, 6) is -1.31. The minimum absolute atomic E-state index is 0.205. The number of aromatic nitrogens is 2. The van der Waals surface area contributed by atoms with Crippen molar-refractivity contribution in [3.05, 3.63) is 29.8 Å². The summed E-state index contributed by atoms with van der Waals surface area (Å²) in [4.78, 5) is 3.62. The van der Waals surface area contributed by atoms with Crippen molar-refractivity contribution in [3.63, 3.8) is 0 Å². The molecule has 1 aromatic heterocycles. The van der Waals surface area contributed by atoms with Crippen molar-refractivity contribution in [2.24, 2.45) is 0 Å². The Morgan fingerprint density at radius 3 is 2.59 bits per heavy atom. The molecule has 1 aromatic carbocycles. The SMILES string of the molecule is Fc1c(C(F)(F)F)ccc2c1n[c]n2C1CC1. The van der Waals surface area contributed by atoms with Crippen molar-refractivity contribution in [1.82, 2.24) is 9.55 Å². The molecule has 89 valence electrons. The molecule has 2 nitrogen and oxygen atoms in total. The summed E-state index contributed by atoms with van der Waals surface area (Å²) in [6.45, 7) is 0. The topological polar surface area (TPSA) is 17.8 Å². The first-order chi connectivity index (χ1) is 7.98. The van der Waals surface area contributed by atoms with Crippen LogP contribution in [-0.2, 0) is 6.18 Å². The summed E-state index contributed by atoms with van der Waals surface area (Å²) in [5, 5.41) is 0. The van der Waals surface area contributed by atoms with Crippen LogP contribution in [0.15, 0.2) is 12.1 Å². The summed E-state index contributed by atoms with van der Waals surface area (Å²) in [6.07, 6.45) is -0.268. The highest BCUT2D eigenvalue weighted by molar-refractivity contribution is 5.77. The van der Waals surface area contributed by atoms with E-state index in [-0.39, 0.29) is 11.6 Å². The summed E-state index contributed by atoms with van der Waals surface area (Å²) in [5.41, 5.74) is -1.16. The van der Waals surface area contributed by atoms with Crippen LogP contribution in [0.3, 0.4) is 0 Å². The smallest absolute Gasteiger partial charge is 0.318 e. The van der Waals surface area contributed by atoms with Crippen LogP contribution in [0.2, 0.25) is 0 Å². The standard InChI is InChI=1S/C11H7F4N2/c12-9-7(11(13,14)15)3-4-8-10(9)16-5-17(8)6-1-2-6/h3-4,6H,1-2H2. The average molecular weight is 243 g/mol. The number of hydrogen-bond acceptors (Lipinski definition) is 1. The monoisotopic (exact) mass is 243 g/mol. The number of rotatable bonds is 1. The van der Waals surface area contributed by atoms with Gasteiger partial charge in [-0.2, -0.15) is 13.2 Å². The molecular formula is C11H7F4N2. The summed E-state index contributed by atoms with van der Waals surface area (Å²) in [7, 11) is 0. The van der Waals surface area contributed by atoms with Crippen LogP contribution in [-0.4, -0.2) is 9.55 Å². The van der Waals surface area contributed by atoms with E-state index in [9.17, 15) is 17.6 Å². The number of benzene rings is 1. The Hall–Kier alpha value is -1.59. The Kier molecular flexibility index (Phi) is 1.99. The molecule has 1 saturated carbocycles. The highest BCUT2D eigenvalue weighted by Crippen LogP contribution is 2.39. The van der Waals surface area contributed by atoms with E-state index >= 15 is 0 Å². The van der Waals surface area contributed by atoms with Gasteiger partial charge in [-0.25, -0.2) is 9.37 Å². The van der Waals surface area contributed by atoms with Gasteiger partial charge in [-0.15, -0.1) is 0 Å². The zero-order chi connectivity index (χ0) is 12.2. The Morgan fingerprint density at radius 2 is 2.00 bits per heavy atom. The van der Waals surface area contributed by atoms with E-state index in [1.807, 2.05) is 0 Å². The predicted octanol–water partition coefficient (Wildman–Crippen LogP) is 3.33. The minimum Gasteiger partial charge on any atom is -0.318 e. The van der Waals surface area contributed by atoms with Gasteiger partial charge in [-0.3, -0.25) is 0 Å². The van der Waals surface area contributed by atoms with Crippen molar-refractivity contribution < 1.29 is 17.6 Å². The highest BCUT2D eigenvalue weighted by atomic mass is 19.4. The molecule has 1 aliphatic rings. The summed E-state index contributed by atoms with van der Waals surface area (Å²) >= 11 is 0. The van der Waals surface area contributed by atoms with Gasteiger partial charge in [0.2, 0.25) is 0 Å². The number of imidazole rings is 1. The number of nitrogens with zero attached hydrogens (tertiary/aromatic N) is 2. The summed E-state index contributed by atoms with van der Waals surface area (Å²) in [6, 6.07) is 2.21. The van der Waals surface area contributed by atoms with Gasteiger partial charge in [-0.1, -0.05) is 0 Å². The molecule has 0 unspecified atom stereocenters. The molecule has 1 heterocycles. The van der Waals surface area contributed by atoms with Crippen molar-refractivity contribution in [3.8, 4) is 0 Å². The quantitative estimate of drug-likeness (QED) is 0.702. The second kappa shape index (κ2) is 3.21. The lowest BCUT2D eigenvalue weighted by Gasteiger charge is -2.08. The second-order valence-electron chi connectivity index (χ2n) is 4.11. The van der Waals surface area contributed by atoms with Gasteiger partial charge in [-0.05, 0) is 25.0 Å². The first kappa shape index (κ1) is 10.6. The number of halogens is 4. The lowest BCUT2D eigenvalue weighted by atomic mass is 10.1. The van der Waals surface area contributed by atoms with Crippen LogP contribution in [0.1, 0.15) is 24.4 Å². The van der Waals surface area contributed by atoms with Gasteiger partial charge in [0.05, 0.1) is 11.1 Å². The molecule has 3 rings (SSSR count). The molecule has 1 aliphatic carbocycles. The third-order valence-electron chi connectivity index (χ3n) is 2.84. The molecular weight excluding hydrogens is 236 g/mol. The molecule has 17 heavy (non-hydrogen) atoms. The third kappa shape index (κ3) is 1.59. The van der Waals surface area contributed by atoms with Crippen molar-refractivity contribution in [1.29, 1.82) is 0 Å². The molecule has 0 aliphatic heterocycles. The van der Waals surface area contributed by atoms with Gasteiger partial charge < -0.3 is 4.57 Å². The van der Waals surface area contributed by atoms with E-state index in [1.54, 1.807) is 4.57 Å². The van der Waals surface area contributed by atoms with Crippen LogP contribution < -0.4 is 0 Å². The molecule has 1 fully saturated rings. The maximum absolute atomic E-state index is 13.6. The fourth-order valence-corrected chi connectivity index (χ4v) is 1.84. The van der Waals surface area contributed by atoms with Crippen LogP contribution in [0.5, 0.6) is 0 Å². The number of hydrogen-bond donors (Lipinski definition) is 0. The Morgan fingerprint density at radius 1 is 1.29 bits per heavy atom. The maximum Gasteiger partial charge on any atom is 0.419 e. The molecule has 0 spiro atoms. The molecule has 6 heteroatoms. The van der Waals surface area contributed by atoms with Crippen LogP contribution in [0.25, 0.3) is 11.0 Å². The normalized spacial score (nSPS) is 16.7. The van der Waals surface area contributed by atoms with Crippen molar-refractivity contribution >= 4 is 11.0 Å². The Labute approximate surface area is 93.9 Å². The first-order valence-electron chi connectivity index (χ1n) is 5.14. The van der Waals surface area contributed by atoms with E-state index in [0.29, 0.717) is 5.52 Å². The molecule has 0 saturated heterocycles. The van der Waals surface area contributed by atoms with Gasteiger partial charge in [0, 0.05) is 6.04 Å².